The normalized spacial score (nSPS) is 16.2. The molecule has 1 aliphatic rings. The Kier molecular flexibility index (Phi) is 6.02. The Bertz CT molecular complexity index is 616. The van der Waals surface area contributed by atoms with Crippen LogP contribution in [0.3, 0.4) is 0 Å². The minimum Gasteiger partial charge on any atom is -0.488 e. The number of guanidine groups is 1. The average Bonchev–Trinajstić information content (AvgIpc) is 2.83. The summed E-state index contributed by atoms with van der Waals surface area (Å²) < 4.78 is 48.1. The van der Waals surface area contributed by atoms with Crippen LogP contribution in [0.1, 0.15) is 25.8 Å². The largest absolute Gasteiger partial charge is 0.488 e. The number of aliphatic imine (C=N–C) groups is 1. The lowest BCUT2D eigenvalue weighted by Crippen LogP contribution is -2.40. The lowest BCUT2D eigenvalue weighted by molar-refractivity contribution is -0.132. The lowest BCUT2D eigenvalue weighted by atomic mass is 10.0. The fourth-order valence-corrected chi connectivity index (χ4v) is 2.57. The minimum atomic E-state index is -4.18. The topological polar surface area (TPSA) is 54.9 Å². The number of nitrogens with zero attached hydrogens (tertiary/aromatic N) is 1. The van der Waals surface area contributed by atoms with Crippen molar-refractivity contribution in [3.8, 4) is 11.5 Å². The van der Waals surface area contributed by atoms with Gasteiger partial charge in [0.1, 0.15) is 12.2 Å². The molecule has 0 atom stereocenters. The maximum absolute atomic E-state index is 12.1. The molecule has 1 heterocycles. The van der Waals surface area contributed by atoms with Gasteiger partial charge in [0.2, 0.25) is 0 Å². The van der Waals surface area contributed by atoms with E-state index in [1.807, 2.05) is 32.0 Å². The summed E-state index contributed by atoms with van der Waals surface area (Å²) in [5, 5.41) is 5.53. The van der Waals surface area contributed by atoms with E-state index in [0.717, 1.165) is 17.7 Å². The van der Waals surface area contributed by atoms with Crippen LogP contribution in [-0.2, 0) is 6.42 Å². The molecule has 0 aromatic heterocycles. The van der Waals surface area contributed by atoms with Gasteiger partial charge in [0.25, 0.3) is 0 Å². The third-order valence-electron chi connectivity index (χ3n) is 3.63. The minimum absolute atomic E-state index is 0.223. The van der Waals surface area contributed by atoms with E-state index in [1.54, 1.807) is 0 Å². The monoisotopic (exact) mass is 359 g/mol. The Morgan fingerprint density at radius 3 is 2.68 bits per heavy atom. The number of hydrogen-bond donors (Lipinski definition) is 2. The SMILES string of the molecule is CN=C(NCCOc1cccc2c1OC(C)(C)C2)NCCC(F)(F)F. The van der Waals surface area contributed by atoms with Gasteiger partial charge in [0, 0.05) is 25.6 Å². The van der Waals surface area contributed by atoms with E-state index in [0.29, 0.717) is 24.9 Å². The van der Waals surface area contributed by atoms with E-state index in [4.69, 9.17) is 9.47 Å². The molecule has 2 rings (SSSR count). The predicted octanol–water partition coefficient (Wildman–Crippen LogP) is 2.90. The Morgan fingerprint density at radius 2 is 2.00 bits per heavy atom. The Balaban J connectivity index is 1.76. The molecule has 0 bridgehead atoms. The highest BCUT2D eigenvalue weighted by Gasteiger charge is 2.32. The summed E-state index contributed by atoms with van der Waals surface area (Å²) in [6.45, 7) is 4.56. The average molecular weight is 359 g/mol. The van der Waals surface area contributed by atoms with Crippen molar-refractivity contribution in [3.63, 3.8) is 0 Å². The second-order valence-electron chi connectivity index (χ2n) is 6.42. The molecule has 25 heavy (non-hydrogen) atoms. The summed E-state index contributed by atoms with van der Waals surface area (Å²) in [4.78, 5) is 3.88. The first-order valence-electron chi connectivity index (χ1n) is 8.15. The van der Waals surface area contributed by atoms with Crippen LogP contribution in [0.15, 0.2) is 23.2 Å². The number of alkyl halides is 3. The molecule has 0 radical (unpaired) electrons. The summed E-state index contributed by atoms with van der Waals surface area (Å²) in [7, 11) is 1.50. The van der Waals surface area contributed by atoms with E-state index < -0.39 is 12.6 Å². The van der Waals surface area contributed by atoms with Gasteiger partial charge in [0.05, 0.1) is 13.0 Å². The number of nitrogens with one attached hydrogen (secondary N) is 2. The van der Waals surface area contributed by atoms with Crippen LogP contribution in [0, 0.1) is 0 Å². The fraction of sp³-hybridized carbons (Fsp3) is 0.588. The zero-order valence-corrected chi connectivity index (χ0v) is 14.7. The van der Waals surface area contributed by atoms with E-state index in [1.165, 1.54) is 7.05 Å². The molecular weight excluding hydrogens is 335 g/mol. The number of para-hydroxylation sites is 1. The van der Waals surface area contributed by atoms with E-state index in [2.05, 4.69) is 15.6 Å². The van der Waals surface area contributed by atoms with Crippen molar-refractivity contribution in [1.29, 1.82) is 0 Å². The van der Waals surface area contributed by atoms with Crippen LogP contribution in [0.25, 0.3) is 0 Å². The van der Waals surface area contributed by atoms with Gasteiger partial charge in [-0.25, -0.2) is 0 Å². The lowest BCUT2D eigenvalue weighted by Gasteiger charge is -2.18. The third kappa shape index (κ3) is 6.03. The summed E-state index contributed by atoms with van der Waals surface area (Å²) in [5.74, 6) is 1.74. The number of fused-ring (bicyclic) bond motifs is 1. The number of rotatable bonds is 6. The highest BCUT2D eigenvalue weighted by Crippen LogP contribution is 2.41. The van der Waals surface area contributed by atoms with E-state index in [-0.39, 0.29) is 12.1 Å². The standard InChI is InChI=1S/C17H24F3N3O2/c1-16(2)11-12-5-4-6-13(14(12)25-16)24-10-9-23-15(21-3)22-8-7-17(18,19)20/h4-6H,7-11H2,1-3H3,(H2,21,22,23). The van der Waals surface area contributed by atoms with Gasteiger partial charge in [-0.05, 0) is 19.9 Å². The fourth-order valence-electron chi connectivity index (χ4n) is 2.57. The molecule has 0 unspecified atom stereocenters. The molecule has 140 valence electrons. The van der Waals surface area contributed by atoms with Crippen LogP contribution in [0.4, 0.5) is 13.2 Å². The molecule has 0 aliphatic carbocycles. The van der Waals surface area contributed by atoms with Crippen LogP contribution in [0.5, 0.6) is 11.5 Å². The first-order chi connectivity index (χ1) is 11.7. The van der Waals surface area contributed by atoms with Gasteiger partial charge in [0.15, 0.2) is 17.5 Å². The molecule has 1 aromatic rings. The van der Waals surface area contributed by atoms with Crippen molar-refractivity contribution in [2.24, 2.45) is 4.99 Å². The molecule has 8 heteroatoms. The Labute approximate surface area is 145 Å². The maximum atomic E-state index is 12.1. The van der Waals surface area contributed by atoms with Crippen LogP contribution in [0.2, 0.25) is 0 Å². The molecule has 0 saturated heterocycles. The summed E-state index contributed by atoms with van der Waals surface area (Å²) >= 11 is 0. The van der Waals surface area contributed by atoms with E-state index in [9.17, 15) is 13.2 Å². The first kappa shape index (κ1) is 19.2. The van der Waals surface area contributed by atoms with Crippen molar-refractivity contribution >= 4 is 5.96 Å². The van der Waals surface area contributed by atoms with Gasteiger partial charge in [-0.2, -0.15) is 13.2 Å². The molecule has 1 aromatic carbocycles. The van der Waals surface area contributed by atoms with Crippen LogP contribution in [-0.4, -0.2) is 44.5 Å². The second kappa shape index (κ2) is 7.84. The number of benzene rings is 1. The first-order valence-corrected chi connectivity index (χ1v) is 8.15. The number of hydrogen-bond acceptors (Lipinski definition) is 3. The van der Waals surface area contributed by atoms with Crippen LogP contribution >= 0.6 is 0 Å². The highest BCUT2D eigenvalue weighted by atomic mass is 19.4. The zero-order chi connectivity index (χ0) is 18.5. The van der Waals surface area contributed by atoms with Crippen molar-refractivity contribution in [3.05, 3.63) is 23.8 Å². The van der Waals surface area contributed by atoms with Gasteiger partial charge in [-0.15, -0.1) is 0 Å². The number of ether oxygens (including phenoxy) is 2. The molecule has 2 N–H and O–H groups in total. The highest BCUT2D eigenvalue weighted by molar-refractivity contribution is 5.79. The zero-order valence-electron chi connectivity index (χ0n) is 14.7. The smallest absolute Gasteiger partial charge is 0.390 e. The molecule has 1 aliphatic heterocycles. The molecule has 0 fully saturated rings. The molecule has 5 nitrogen and oxygen atoms in total. The summed E-state index contributed by atoms with van der Waals surface area (Å²) in [6.07, 6.45) is -4.27. The van der Waals surface area contributed by atoms with Crippen molar-refractivity contribution in [1.82, 2.24) is 10.6 Å². The molecule has 0 saturated carbocycles. The van der Waals surface area contributed by atoms with Gasteiger partial charge in [-0.1, -0.05) is 12.1 Å². The van der Waals surface area contributed by atoms with Crippen LogP contribution < -0.4 is 20.1 Å². The Morgan fingerprint density at radius 1 is 1.28 bits per heavy atom. The van der Waals surface area contributed by atoms with Gasteiger partial charge in [-0.3, -0.25) is 4.99 Å². The summed E-state index contributed by atoms with van der Waals surface area (Å²) in [6, 6.07) is 5.78. The number of halogens is 3. The molecule has 0 amide bonds. The summed E-state index contributed by atoms with van der Waals surface area (Å²) in [5.41, 5.74) is 0.866. The maximum Gasteiger partial charge on any atom is 0.390 e. The second-order valence-corrected chi connectivity index (χ2v) is 6.42. The van der Waals surface area contributed by atoms with Crippen molar-refractivity contribution in [2.45, 2.75) is 38.5 Å². The van der Waals surface area contributed by atoms with Crippen molar-refractivity contribution < 1.29 is 22.6 Å². The van der Waals surface area contributed by atoms with Gasteiger partial charge >= 0.3 is 6.18 Å². The van der Waals surface area contributed by atoms with Gasteiger partial charge < -0.3 is 20.1 Å². The Hall–Kier alpha value is -2.12. The van der Waals surface area contributed by atoms with Crippen molar-refractivity contribution in [2.75, 3.05) is 26.7 Å². The predicted molar refractivity (Wildman–Crippen MR) is 90.4 cm³/mol. The third-order valence-corrected chi connectivity index (χ3v) is 3.63. The van der Waals surface area contributed by atoms with E-state index >= 15 is 0 Å². The molecule has 0 spiro atoms. The quantitative estimate of drug-likeness (QED) is 0.466. The molecular formula is C17H24F3N3O2.